The van der Waals surface area contributed by atoms with Crippen molar-refractivity contribution in [2.45, 2.75) is 25.8 Å². The summed E-state index contributed by atoms with van der Waals surface area (Å²) in [6, 6.07) is 8.82. The second kappa shape index (κ2) is 4.09. The number of rotatable bonds is 1. The van der Waals surface area contributed by atoms with Gasteiger partial charge in [0.25, 0.3) is 0 Å². The average Bonchev–Trinajstić information content (AvgIpc) is 2.74. The van der Waals surface area contributed by atoms with Crippen LogP contribution in [0.1, 0.15) is 18.1 Å². The molecule has 3 nitrogen and oxygen atoms in total. The fraction of sp³-hybridized carbons (Fsp3) is 0.533. The predicted octanol–water partition coefficient (Wildman–Crippen LogP) is 1.55. The summed E-state index contributed by atoms with van der Waals surface area (Å²) in [6.07, 6.45) is 1.78. The number of benzene rings is 1. The molecule has 1 aromatic rings. The van der Waals surface area contributed by atoms with E-state index in [1.54, 1.807) is 0 Å². The number of carbonyl (C=O) groups excluding carboxylic acids is 1. The van der Waals surface area contributed by atoms with Gasteiger partial charge in [-0.1, -0.05) is 24.3 Å². The second-order valence-corrected chi connectivity index (χ2v) is 5.57. The lowest BCUT2D eigenvalue weighted by atomic mass is 9.64. The fourth-order valence-electron chi connectivity index (χ4n) is 3.67. The van der Waals surface area contributed by atoms with Gasteiger partial charge in [-0.25, -0.2) is 0 Å². The molecule has 18 heavy (non-hydrogen) atoms. The zero-order chi connectivity index (χ0) is 12.8. The lowest BCUT2D eigenvalue weighted by Crippen LogP contribution is -2.46. The number of fused-ring (bicyclic) bond motifs is 2. The van der Waals surface area contributed by atoms with Gasteiger partial charge in [0.2, 0.25) is 0 Å². The van der Waals surface area contributed by atoms with E-state index in [-0.39, 0.29) is 11.4 Å². The molecule has 0 saturated carbocycles. The molecule has 1 saturated heterocycles. The summed E-state index contributed by atoms with van der Waals surface area (Å²) in [4.78, 5) is 12.3. The van der Waals surface area contributed by atoms with Crippen molar-refractivity contribution in [2.24, 2.45) is 11.3 Å². The van der Waals surface area contributed by atoms with Gasteiger partial charge in [-0.2, -0.15) is 0 Å². The third-order valence-corrected chi connectivity index (χ3v) is 4.71. The van der Waals surface area contributed by atoms with E-state index in [1.165, 1.54) is 18.2 Å². The van der Waals surface area contributed by atoms with Gasteiger partial charge >= 0.3 is 5.97 Å². The van der Waals surface area contributed by atoms with Gasteiger partial charge in [-0.05, 0) is 36.8 Å². The van der Waals surface area contributed by atoms with Crippen LogP contribution in [-0.2, 0) is 22.4 Å². The Hall–Kier alpha value is -1.35. The second-order valence-electron chi connectivity index (χ2n) is 5.57. The average molecular weight is 245 g/mol. The molecule has 1 heterocycles. The molecule has 0 spiro atoms. The van der Waals surface area contributed by atoms with Crippen LogP contribution in [0.15, 0.2) is 24.3 Å². The minimum absolute atomic E-state index is 0.0566. The molecule has 3 heteroatoms. The van der Waals surface area contributed by atoms with Gasteiger partial charge in [0.15, 0.2) is 0 Å². The third-order valence-electron chi connectivity index (χ3n) is 4.71. The standard InChI is InChI=1S/C15H19NO2/c1-10-13-7-11-5-3-4-6-12(11)8-15(13,9-16-10)14(17)18-2/h3-6,10,13,16H,7-9H2,1-2H3. The molecule has 3 rings (SSSR count). The maximum absolute atomic E-state index is 12.3. The van der Waals surface area contributed by atoms with Crippen molar-refractivity contribution < 1.29 is 9.53 Å². The lowest BCUT2D eigenvalue weighted by molar-refractivity contribution is -0.154. The van der Waals surface area contributed by atoms with Gasteiger partial charge in [-0.15, -0.1) is 0 Å². The van der Waals surface area contributed by atoms with Crippen LogP contribution < -0.4 is 5.32 Å². The van der Waals surface area contributed by atoms with Gasteiger partial charge in [0.1, 0.15) is 0 Å². The zero-order valence-electron chi connectivity index (χ0n) is 10.9. The Morgan fingerprint density at radius 3 is 2.83 bits per heavy atom. The molecule has 1 aliphatic heterocycles. The zero-order valence-corrected chi connectivity index (χ0v) is 10.9. The van der Waals surface area contributed by atoms with Crippen LogP contribution in [-0.4, -0.2) is 25.7 Å². The van der Waals surface area contributed by atoms with Crippen LogP contribution in [0.4, 0.5) is 0 Å². The van der Waals surface area contributed by atoms with E-state index in [0.29, 0.717) is 12.0 Å². The molecule has 3 unspecified atom stereocenters. The molecule has 96 valence electrons. The van der Waals surface area contributed by atoms with Gasteiger partial charge < -0.3 is 10.1 Å². The van der Waals surface area contributed by atoms with Crippen molar-refractivity contribution in [3.8, 4) is 0 Å². The topological polar surface area (TPSA) is 38.3 Å². The number of hydrogen-bond donors (Lipinski definition) is 1. The Morgan fingerprint density at radius 1 is 1.39 bits per heavy atom. The van der Waals surface area contributed by atoms with Crippen LogP contribution in [0.5, 0.6) is 0 Å². The molecule has 0 amide bonds. The van der Waals surface area contributed by atoms with Crippen LogP contribution in [0.3, 0.4) is 0 Å². The largest absolute Gasteiger partial charge is 0.469 e. The molecule has 3 atom stereocenters. The monoisotopic (exact) mass is 245 g/mol. The lowest BCUT2D eigenvalue weighted by Gasteiger charge is -2.38. The Morgan fingerprint density at radius 2 is 2.11 bits per heavy atom. The highest BCUT2D eigenvalue weighted by Crippen LogP contribution is 2.45. The maximum Gasteiger partial charge on any atom is 0.313 e. The smallest absolute Gasteiger partial charge is 0.313 e. The van der Waals surface area contributed by atoms with Gasteiger partial charge in [0.05, 0.1) is 12.5 Å². The summed E-state index contributed by atoms with van der Waals surface area (Å²) >= 11 is 0. The normalized spacial score (nSPS) is 33.7. The predicted molar refractivity (Wildman–Crippen MR) is 69.3 cm³/mol. The molecule has 0 bridgehead atoms. The first kappa shape index (κ1) is 11.7. The number of methoxy groups -OCH3 is 1. The van der Waals surface area contributed by atoms with E-state index in [9.17, 15) is 4.79 Å². The Balaban J connectivity index is 2.05. The summed E-state index contributed by atoms with van der Waals surface area (Å²) in [6.45, 7) is 2.91. The van der Waals surface area contributed by atoms with Crippen molar-refractivity contribution in [1.82, 2.24) is 5.32 Å². The number of carbonyl (C=O) groups is 1. The van der Waals surface area contributed by atoms with Crippen LogP contribution >= 0.6 is 0 Å². The molecular weight excluding hydrogens is 226 g/mol. The fourth-order valence-corrected chi connectivity index (χ4v) is 3.67. The van der Waals surface area contributed by atoms with Crippen molar-refractivity contribution in [3.63, 3.8) is 0 Å². The van der Waals surface area contributed by atoms with Crippen LogP contribution in [0, 0.1) is 11.3 Å². The molecule has 2 aliphatic rings. The Labute approximate surface area is 108 Å². The minimum Gasteiger partial charge on any atom is -0.469 e. The first-order chi connectivity index (χ1) is 8.67. The van der Waals surface area contributed by atoms with Crippen LogP contribution in [0.2, 0.25) is 0 Å². The highest BCUT2D eigenvalue weighted by atomic mass is 16.5. The number of esters is 1. The number of hydrogen-bond acceptors (Lipinski definition) is 3. The number of nitrogens with one attached hydrogen (secondary N) is 1. The van der Waals surface area contributed by atoms with E-state index in [1.807, 2.05) is 0 Å². The van der Waals surface area contributed by atoms with Crippen molar-refractivity contribution >= 4 is 5.97 Å². The van der Waals surface area contributed by atoms with Gasteiger partial charge in [-0.3, -0.25) is 4.79 Å². The Bertz CT molecular complexity index is 485. The summed E-state index contributed by atoms with van der Waals surface area (Å²) in [5.74, 6) is 0.290. The molecular formula is C15H19NO2. The maximum atomic E-state index is 12.3. The van der Waals surface area contributed by atoms with Crippen molar-refractivity contribution in [3.05, 3.63) is 35.4 Å². The van der Waals surface area contributed by atoms with E-state index in [4.69, 9.17) is 4.74 Å². The summed E-state index contributed by atoms with van der Waals surface area (Å²) < 4.78 is 5.08. The van der Waals surface area contributed by atoms with Gasteiger partial charge in [0, 0.05) is 12.6 Å². The molecule has 1 fully saturated rings. The first-order valence-electron chi connectivity index (χ1n) is 6.56. The highest BCUT2D eigenvalue weighted by Gasteiger charge is 2.54. The van der Waals surface area contributed by atoms with Crippen molar-refractivity contribution in [2.75, 3.05) is 13.7 Å². The number of ether oxygens (including phenoxy) is 1. The van der Waals surface area contributed by atoms with E-state index in [0.717, 1.165) is 19.4 Å². The molecule has 0 aromatic heterocycles. The van der Waals surface area contributed by atoms with E-state index in [2.05, 4.69) is 36.5 Å². The summed E-state index contributed by atoms with van der Waals surface area (Å²) in [7, 11) is 1.50. The highest BCUT2D eigenvalue weighted by molar-refractivity contribution is 5.79. The molecule has 1 aliphatic carbocycles. The quantitative estimate of drug-likeness (QED) is 0.763. The van der Waals surface area contributed by atoms with Crippen LogP contribution in [0.25, 0.3) is 0 Å². The Kier molecular flexibility index (Phi) is 2.67. The molecule has 1 aromatic carbocycles. The van der Waals surface area contributed by atoms with Crippen molar-refractivity contribution in [1.29, 1.82) is 0 Å². The molecule has 0 radical (unpaired) electrons. The van der Waals surface area contributed by atoms with E-state index < -0.39 is 0 Å². The molecule has 1 N–H and O–H groups in total. The summed E-state index contributed by atoms with van der Waals surface area (Å²) in [5.41, 5.74) is 2.33. The first-order valence-corrected chi connectivity index (χ1v) is 6.56. The minimum atomic E-state index is -0.359. The third kappa shape index (κ3) is 1.50. The summed E-state index contributed by atoms with van der Waals surface area (Å²) in [5, 5.41) is 3.45. The SMILES string of the molecule is COC(=O)C12CNC(C)C1Cc1ccccc1C2. The van der Waals surface area contributed by atoms with E-state index >= 15 is 0 Å².